The van der Waals surface area contributed by atoms with E-state index in [0.717, 1.165) is 23.8 Å². The third-order valence-corrected chi connectivity index (χ3v) is 6.66. The number of carbonyl (C=O) groups excluding carboxylic acids is 3. The van der Waals surface area contributed by atoms with Crippen LogP contribution in [0.25, 0.3) is 11.3 Å². The van der Waals surface area contributed by atoms with E-state index < -0.39 is 53.3 Å². The molecule has 0 fully saturated rings. The average molecular weight is 628 g/mol. The Hall–Kier alpha value is -4.48. The Bertz CT molecular complexity index is 1510. The molecule has 0 spiro atoms. The molecule has 3 rings (SSSR count). The Morgan fingerprint density at radius 2 is 1.78 bits per heavy atom. The number of benzene rings is 2. The van der Waals surface area contributed by atoms with Gasteiger partial charge in [-0.05, 0) is 68.5 Å². The van der Waals surface area contributed by atoms with E-state index >= 15 is 0 Å². The number of nitrogens with two attached hydrogens (primary N) is 1. The SMILES string of the molecule is CC(=O)OCC(=O)N(CCCNC(=O)OC(C)(C)C)[C@@H](c1nc(-c2cc(F)ccc2F)cn1Cc1cccc(N)c1)C(C)(C)C. The fourth-order valence-electron chi connectivity index (χ4n) is 4.88. The van der Waals surface area contributed by atoms with E-state index in [1.165, 1.54) is 6.92 Å². The zero-order chi connectivity index (χ0) is 33.5. The molecule has 0 saturated carbocycles. The lowest BCUT2D eigenvalue weighted by Crippen LogP contribution is -2.45. The molecule has 0 aliphatic rings. The van der Waals surface area contributed by atoms with Crippen LogP contribution in [-0.2, 0) is 25.6 Å². The molecule has 3 N–H and O–H groups in total. The van der Waals surface area contributed by atoms with E-state index in [1.807, 2.05) is 32.9 Å². The highest BCUT2D eigenvalue weighted by molar-refractivity contribution is 5.80. The van der Waals surface area contributed by atoms with E-state index in [1.54, 1.807) is 48.6 Å². The van der Waals surface area contributed by atoms with E-state index in [2.05, 4.69) is 5.32 Å². The first-order valence-corrected chi connectivity index (χ1v) is 14.7. The van der Waals surface area contributed by atoms with Gasteiger partial charge in [0.2, 0.25) is 0 Å². The molecule has 1 aromatic heterocycles. The molecule has 2 amide bonds. The maximum atomic E-state index is 15.0. The Morgan fingerprint density at radius 3 is 2.40 bits per heavy atom. The number of hydrogen-bond acceptors (Lipinski definition) is 7. The smallest absolute Gasteiger partial charge is 0.407 e. The van der Waals surface area contributed by atoms with Gasteiger partial charge in [-0.1, -0.05) is 32.9 Å². The van der Waals surface area contributed by atoms with E-state index in [0.29, 0.717) is 17.9 Å². The van der Waals surface area contributed by atoms with Crippen molar-refractivity contribution in [2.75, 3.05) is 25.4 Å². The van der Waals surface area contributed by atoms with Gasteiger partial charge >= 0.3 is 12.1 Å². The minimum absolute atomic E-state index is 0.0328. The maximum absolute atomic E-state index is 15.0. The highest BCUT2D eigenvalue weighted by atomic mass is 19.1. The summed E-state index contributed by atoms with van der Waals surface area (Å²) in [5, 5.41) is 2.69. The van der Waals surface area contributed by atoms with Crippen molar-refractivity contribution in [1.82, 2.24) is 19.8 Å². The molecule has 0 aliphatic carbocycles. The zero-order valence-corrected chi connectivity index (χ0v) is 26.9. The number of anilines is 1. The molecule has 0 aliphatic heterocycles. The van der Waals surface area contributed by atoms with Gasteiger partial charge in [-0.3, -0.25) is 9.59 Å². The van der Waals surface area contributed by atoms with Crippen LogP contribution in [0.5, 0.6) is 0 Å². The van der Waals surface area contributed by atoms with Gasteiger partial charge in [0.15, 0.2) is 6.61 Å². The number of nitrogens with one attached hydrogen (secondary N) is 1. The van der Waals surface area contributed by atoms with Crippen molar-refractivity contribution in [3.63, 3.8) is 0 Å². The number of ether oxygens (including phenoxy) is 2. The van der Waals surface area contributed by atoms with Gasteiger partial charge in [-0.15, -0.1) is 0 Å². The normalized spacial score (nSPS) is 12.4. The molecule has 1 heterocycles. The number of nitrogen functional groups attached to an aromatic ring is 1. The summed E-state index contributed by atoms with van der Waals surface area (Å²) < 4.78 is 41.4. The molecular formula is C33H43F2N5O5. The molecule has 0 bridgehead atoms. The van der Waals surface area contributed by atoms with Gasteiger partial charge < -0.3 is 30.0 Å². The Kier molecular flexibility index (Phi) is 11.3. The van der Waals surface area contributed by atoms with E-state index in [4.69, 9.17) is 20.2 Å². The van der Waals surface area contributed by atoms with Gasteiger partial charge in [0.25, 0.3) is 5.91 Å². The second-order valence-electron chi connectivity index (χ2n) is 12.9. The Morgan fingerprint density at radius 1 is 1.07 bits per heavy atom. The summed E-state index contributed by atoms with van der Waals surface area (Å²) in [6.45, 7) is 12.3. The highest BCUT2D eigenvalue weighted by Crippen LogP contribution is 2.39. The van der Waals surface area contributed by atoms with Crippen LogP contribution in [-0.4, -0.2) is 57.7 Å². The second-order valence-corrected chi connectivity index (χ2v) is 12.9. The van der Waals surface area contributed by atoms with Gasteiger partial charge in [0, 0.05) is 44.0 Å². The average Bonchev–Trinajstić information content (AvgIpc) is 3.30. The summed E-state index contributed by atoms with van der Waals surface area (Å²) in [6.07, 6.45) is 1.36. The first-order chi connectivity index (χ1) is 20.9. The number of rotatable bonds is 11. The standard InChI is InChI=1S/C33H43F2N5O5/c1-21(41)44-20-28(42)40(15-9-14-37-31(43)45-33(5,6)7)29(32(2,3)4)30-38-27(25-17-23(34)12-13-26(25)35)19-39(30)18-22-10-8-11-24(36)16-22/h8,10-13,16-17,19,29H,9,14-15,18,20,36H2,1-7H3,(H,37,43)/t29-/m0/s1. The van der Waals surface area contributed by atoms with Crippen LogP contribution in [0.3, 0.4) is 0 Å². The lowest BCUT2D eigenvalue weighted by atomic mass is 9.84. The first kappa shape index (κ1) is 35.0. The first-order valence-electron chi connectivity index (χ1n) is 14.7. The molecule has 10 nitrogen and oxygen atoms in total. The van der Waals surface area contributed by atoms with Crippen LogP contribution >= 0.6 is 0 Å². The van der Waals surface area contributed by atoms with Crippen LogP contribution in [0.2, 0.25) is 0 Å². The van der Waals surface area contributed by atoms with Gasteiger partial charge in [0.05, 0.1) is 11.7 Å². The lowest BCUT2D eigenvalue weighted by Gasteiger charge is -2.40. The third-order valence-electron chi connectivity index (χ3n) is 6.66. The fourth-order valence-corrected chi connectivity index (χ4v) is 4.88. The summed E-state index contributed by atoms with van der Waals surface area (Å²) in [5.41, 5.74) is 6.23. The number of halogens is 2. The topological polar surface area (TPSA) is 129 Å². The van der Waals surface area contributed by atoms with Crippen molar-refractivity contribution in [2.24, 2.45) is 5.41 Å². The van der Waals surface area contributed by atoms with Crippen LogP contribution in [0.1, 0.15) is 72.3 Å². The molecule has 1 atom stereocenters. The number of amides is 2. The largest absolute Gasteiger partial charge is 0.456 e. The van der Waals surface area contributed by atoms with Crippen LogP contribution in [0.4, 0.5) is 19.3 Å². The molecule has 45 heavy (non-hydrogen) atoms. The monoisotopic (exact) mass is 627 g/mol. The number of hydrogen-bond donors (Lipinski definition) is 2. The molecular weight excluding hydrogens is 584 g/mol. The molecule has 12 heteroatoms. The number of esters is 1. The van der Waals surface area contributed by atoms with Crippen molar-refractivity contribution in [2.45, 2.75) is 73.1 Å². The predicted molar refractivity (Wildman–Crippen MR) is 167 cm³/mol. The molecule has 244 valence electrons. The zero-order valence-electron chi connectivity index (χ0n) is 26.9. The van der Waals surface area contributed by atoms with Crippen molar-refractivity contribution in [1.29, 1.82) is 0 Å². The van der Waals surface area contributed by atoms with Crippen molar-refractivity contribution in [3.8, 4) is 11.3 Å². The summed E-state index contributed by atoms with van der Waals surface area (Å²) in [5.74, 6) is -1.98. The summed E-state index contributed by atoms with van der Waals surface area (Å²) >= 11 is 0. The van der Waals surface area contributed by atoms with E-state index in [-0.39, 0.29) is 30.9 Å². The molecule has 2 aromatic carbocycles. The third kappa shape index (κ3) is 10.3. The summed E-state index contributed by atoms with van der Waals surface area (Å²) in [6, 6.07) is 9.65. The van der Waals surface area contributed by atoms with E-state index in [9.17, 15) is 23.2 Å². The molecule has 0 saturated heterocycles. The van der Waals surface area contributed by atoms with Crippen molar-refractivity contribution < 1.29 is 32.6 Å². The quantitative estimate of drug-likeness (QED) is 0.155. The minimum Gasteiger partial charge on any atom is -0.456 e. The number of carbonyl (C=O) groups is 3. The van der Waals surface area contributed by atoms with Crippen LogP contribution in [0, 0.1) is 17.0 Å². The van der Waals surface area contributed by atoms with Crippen molar-refractivity contribution in [3.05, 3.63) is 71.7 Å². The predicted octanol–water partition coefficient (Wildman–Crippen LogP) is 5.85. The molecule has 3 aromatic rings. The summed E-state index contributed by atoms with van der Waals surface area (Å²) in [4.78, 5) is 43.9. The Labute approximate surface area is 262 Å². The maximum Gasteiger partial charge on any atom is 0.407 e. The number of imidazole rings is 1. The highest BCUT2D eigenvalue weighted by Gasteiger charge is 2.38. The second kappa shape index (κ2) is 14.5. The summed E-state index contributed by atoms with van der Waals surface area (Å²) in [7, 11) is 0. The number of alkyl carbamates (subject to hydrolysis) is 1. The lowest BCUT2D eigenvalue weighted by molar-refractivity contribution is -0.152. The number of aromatic nitrogens is 2. The Balaban J connectivity index is 2.09. The van der Waals surface area contributed by atoms with Crippen LogP contribution < -0.4 is 11.1 Å². The van der Waals surface area contributed by atoms with Gasteiger partial charge in [0.1, 0.15) is 23.1 Å². The van der Waals surface area contributed by atoms with Gasteiger partial charge in [-0.2, -0.15) is 0 Å². The van der Waals surface area contributed by atoms with Crippen molar-refractivity contribution >= 4 is 23.7 Å². The molecule has 0 radical (unpaired) electrons. The number of nitrogens with zero attached hydrogens (tertiary/aromatic N) is 3. The minimum atomic E-state index is -0.728. The van der Waals surface area contributed by atoms with Crippen LogP contribution in [0.15, 0.2) is 48.7 Å². The molecule has 0 unspecified atom stereocenters. The fraction of sp³-hybridized carbons (Fsp3) is 0.455. The van der Waals surface area contributed by atoms with Gasteiger partial charge in [-0.25, -0.2) is 18.6 Å².